The maximum absolute atomic E-state index is 12.1. The number of alkyl halides is 3. The van der Waals surface area contributed by atoms with Gasteiger partial charge in [-0.2, -0.15) is 0 Å². The number of rotatable bonds is 4. The second-order valence-electron chi connectivity index (χ2n) is 3.53. The third kappa shape index (κ3) is 3.59. The number of hydrogen-bond acceptors (Lipinski definition) is 4. The number of ether oxygens (including phenoxy) is 1. The van der Waals surface area contributed by atoms with Crippen molar-refractivity contribution in [2.75, 3.05) is 0 Å². The lowest BCUT2D eigenvalue weighted by atomic mass is 10.0. The first-order valence-corrected chi connectivity index (χ1v) is 4.89. The fourth-order valence-corrected chi connectivity index (χ4v) is 1.48. The lowest BCUT2D eigenvalue weighted by Crippen LogP contribution is -2.21. The molecule has 18 heavy (non-hydrogen) atoms. The molecule has 0 saturated heterocycles. The Morgan fingerprint density at radius 2 is 2.11 bits per heavy atom. The van der Waals surface area contributed by atoms with Crippen LogP contribution in [-0.4, -0.2) is 22.4 Å². The number of nitrogens with two attached hydrogens (primary N) is 1. The molecule has 0 saturated carbocycles. The molecule has 100 valence electrons. The number of aryl methyl sites for hydroxylation is 1. The zero-order chi connectivity index (χ0) is 13.9. The first-order chi connectivity index (χ1) is 8.24. The number of hydrogen-bond donors (Lipinski definition) is 2. The SMILES string of the molecule is Cc1cnc(OC(F)(F)F)c(CN)c1CC(=O)O. The maximum Gasteiger partial charge on any atom is 0.574 e. The second-order valence-corrected chi connectivity index (χ2v) is 3.53. The molecular formula is C10H11F3N2O3. The molecule has 1 rings (SSSR count). The molecule has 0 unspecified atom stereocenters. The van der Waals surface area contributed by atoms with Crippen LogP contribution in [-0.2, 0) is 17.8 Å². The van der Waals surface area contributed by atoms with E-state index < -0.39 is 24.6 Å². The number of aromatic nitrogens is 1. The summed E-state index contributed by atoms with van der Waals surface area (Å²) >= 11 is 0. The lowest BCUT2D eigenvalue weighted by Gasteiger charge is -2.15. The first-order valence-electron chi connectivity index (χ1n) is 4.89. The minimum absolute atomic E-state index is 0.0466. The summed E-state index contributed by atoms with van der Waals surface area (Å²) in [7, 11) is 0. The van der Waals surface area contributed by atoms with Crippen LogP contribution in [0.1, 0.15) is 16.7 Å². The summed E-state index contributed by atoms with van der Waals surface area (Å²) < 4.78 is 40.1. The quantitative estimate of drug-likeness (QED) is 0.857. The highest BCUT2D eigenvalue weighted by Crippen LogP contribution is 2.28. The van der Waals surface area contributed by atoms with Crippen molar-refractivity contribution in [3.8, 4) is 5.88 Å². The van der Waals surface area contributed by atoms with Crippen LogP contribution in [0.4, 0.5) is 13.2 Å². The highest BCUT2D eigenvalue weighted by Gasteiger charge is 2.33. The number of nitrogens with zero attached hydrogens (tertiary/aromatic N) is 1. The summed E-state index contributed by atoms with van der Waals surface area (Å²) in [5, 5.41) is 8.71. The third-order valence-corrected chi connectivity index (χ3v) is 2.22. The van der Waals surface area contributed by atoms with Crippen LogP contribution in [0, 0.1) is 6.92 Å². The molecule has 0 aliphatic rings. The van der Waals surface area contributed by atoms with Crippen LogP contribution >= 0.6 is 0 Å². The molecule has 0 fully saturated rings. The smallest absolute Gasteiger partial charge is 0.481 e. The molecule has 0 spiro atoms. The van der Waals surface area contributed by atoms with Crippen LogP contribution in [0.15, 0.2) is 6.20 Å². The van der Waals surface area contributed by atoms with E-state index in [9.17, 15) is 18.0 Å². The van der Waals surface area contributed by atoms with E-state index in [1.54, 1.807) is 6.92 Å². The summed E-state index contributed by atoms with van der Waals surface area (Å²) in [5.74, 6) is -1.87. The van der Waals surface area contributed by atoms with Gasteiger partial charge in [0.2, 0.25) is 5.88 Å². The Kier molecular flexibility index (Phi) is 4.12. The van der Waals surface area contributed by atoms with E-state index in [1.807, 2.05) is 0 Å². The molecule has 3 N–H and O–H groups in total. The molecule has 1 aromatic heterocycles. The number of aliphatic carboxylic acids is 1. The molecule has 5 nitrogen and oxygen atoms in total. The Balaban J connectivity index is 3.24. The molecule has 0 bridgehead atoms. The van der Waals surface area contributed by atoms with Crippen molar-refractivity contribution < 1.29 is 27.8 Å². The van der Waals surface area contributed by atoms with Gasteiger partial charge in [0.1, 0.15) is 0 Å². The summed E-state index contributed by atoms with van der Waals surface area (Å²) in [4.78, 5) is 14.1. The predicted molar refractivity (Wildman–Crippen MR) is 54.9 cm³/mol. The number of carbonyl (C=O) groups is 1. The average Bonchev–Trinajstić information content (AvgIpc) is 2.20. The Morgan fingerprint density at radius 3 is 2.56 bits per heavy atom. The largest absolute Gasteiger partial charge is 0.574 e. The minimum Gasteiger partial charge on any atom is -0.481 e. The topological polar surface area (TPSA) is 85.4 Å². The van der Waals surface area contributed by atoms with E-state index in [0.29, 0.717) is 5.56 Å². The van der Waals surface area contributed by atoms with Gasteiger partial charge in [0.15, 0.2) is 0 Å². The van der Waals surface area contributed by atoms with Crippen LogP contribution in [0.3, 0.4) is 0 Å². The van der Waals surface area contributed by atoms with Gasteiger partial charge in [-0.1, -0.05) is 0 Å². The Bertz CT molecular complexity index is 460. The highest BCUT2D eigenvalue weighted by atomic mass is 19.4. The normalized spacial score (nSPS) is 11.4. The molecule has 1 heterocycles. The van der Waals surface area contributed by atoms with Crippen LogP contribution in [0.2, 0.25) is 0 Å². The van der Waals surface area contributed by atoms with Gasteiger partial charge in [0.25, 0.3) is 0 Å². The van der Waals surface area contributed by atoms with E-state index in [4.69, 9.17) is 10.8 Å². The van der Waals surface area contributed by atoms with Crippen LogP contribution < -0.4 is 10.5 Å². The van der Waals surface area contributed by atoms with Gasteiger partial charge in [0.05, 0.1) is 6.42 Å². The molecule has 0 aliphatic heterocycles. The molecule has 0 aromatic carbocycles. The van der Waals surface area contributed by atoms with Crippen molar-refractivity contribution in [3.63, 3.8) is 0 Å². The van der Waals surface area contributed by atoms with Gasteiger partial charge in [-0.25, -0.2) is 4.98 Å². The van der Waals surface area contributed by atoms with Crippen molar-refractivity contribution in [1.29, 1.82) is 0 Å². The number of carboxylic acids is 1. The van der Waals surface area contributed by atoms with Gasteiger partial charge >= 0.3 is 12.3 Å². The standard InChI is InChI=1S/C10H11F3N2O3/c1-5-4-15-9(18-10(11,12)13)7(3-14)6(5)2-8(16)17/h4H,2-3,14H2,1H3,(H,16,17). The second kappa shape index (κ2) is 5.21. The number of halogens is 3. The van der Waals surface area contributed by atoms with E-state index in [1.165, 1.54) is 0 Å². The van der Waals surface area contributed by atoms with Gasteiger partial charge < -0.3 is 15.6 Å². The lowest BCUT2D eigenvalue weighted by molar-refractivity contribution is -0.276. The van der Waals surface area contributed by atoms with E-state index >= 15 is 0 Å². The van der Waals surface area contributed by atoms with Crippen molar-refractivity contribution in [2.45, 2.75) is 26.3 Å². The fraction of sp³-hybridized carbons (Fsp3) is 0.400. The molecule has 1 aromatic rings. The van der Waals surface area contributed by atoms with E-state index in [0.717, 1.165) is 6.20 Å². The van der Waals surface area contributed by atoms with E-state index in [-0.39, 0.29) is 17.7 Å². The van der Waals surface area contributed by atoms with Crippen LogP contribution in [0.5, 0.6) is 5.88 Å². The van der Waals surface area contributed by atoms with Crippen molar-refractivity contribution in [1.82, 2.24) is 4.98 Å². The molecular weight excluding hydrogens is 253 g/mol. The van der Waals surface area contributed by atoms with Crippen LogP contribution in [0.25, 0.3) is 0 Å². The van der Waals surface area contributed by atoms with Crippen molar-refractivity contribution in [2.24, 2.45) is 5.73 Å². The number of pyridine rings is 1. The molecule has 0 radical (unpaired) electrons. The molecule has 0 amide bonds. The number of carboxylic acid groups (broad SMARTS) is 1. The molecule has 0 atom stereocenters. The average molecular weight is 264 g/mol. The summed E-state index contributed by atoms with van der Waals surface area (Å²) in [6, 6.07) is 0. The van der Waals surface area contributed by atoms with Gasteiger partial charge in [-0.3, -0.25) is 4.79 Å². The molecule has 0 aliphatic carbocycles. The minimum atomic E-state index is -4.90. The summed E-state index contributed by atoms with van der Waals surface area (Å²) in [6.45, 7) is 1.25. The summed E-state index contributed by atoms with van der Waals surface area (Å²) in [5.41, 5.74) is 5.93. The Labute approximate surface area is 100 Å². The highest BCUT2D eigenvalue weighted by molar-refractivity contribution is 5.71. The van der Waals surface area contributed by atoms with Gasteiger partial charge in [-0.15, -0.1) is 13.2 Å². The monoisotopic (exact) mass is 264 g/mol. The summed E-state index contributed by atoms with van der Waals surface area (Å²) in [6.07, 6.45) is -4.21. The molecule has 8 heteroatoms. The Hall–Kier alpha value is -1.83. The maximum atomic E-state index is 12.1. The zero-order valence-electron chi connectivity index (χ0n) is 9.41. The van der Waals surface area contributed by atoms with Crippen molar-refractivity contribution in [3.05, 3.63) is 22.9 Å². The Morgan fingerprint density at radius 1 is 1.50 bits per heavy atom. The predicted octanol–water partition coefficient (Wildman–Crippen LogP) is 1.37. The van der Waals surface area contributed by atoms with E-state index in [2.05, 4.69) is 9.72 Å². The first kappa shape index (κ1) is 14.2. The van der Waals surface area contributed by atoms with Gasteiger partial charge in [-0.05, 0) is 18.1 Å². The zero-order valence-corrected chi connectivity index (χ0v) is 9.41. The third-order valence-electron chi connectivity index (χ3n) is 2.22. The van der Waals surface area contributed by atoms with Gasteiger partial charge in [0, 0.05) is 18.3 Å². The fourth-order valence-electron chi connectivity index (χ4n) is 1.48. The van der Waals surface area contributed by atoms with Crippen molar-refractivity contribution >= 4 is 5.97 Å².